The molecule has 20 heavy (non-hydrogen) atoms. The van der Waals surface area contributed by atoms with Crippen LogP contribution in [-0.2, 0) is 0 Å². The van der Waals surface area contributed by atoms with Crippen molar-refractivity contribution in [3.05, 3.63) is 29.8 Å². The van der Waals surface area contributed by atoms with Crippen LogP contribution in [0.2, 0.25) is 0 Å². The zero-order valence-electron chi connectivity index (χ0n) is 11.1. The third-order valence-electron chi connectivity index (χ3n) is 3.60. The number of alkyl halides is 3. The number of ether oxygens (including phenoxy) is 1. The van der Waals surface area contributed by atoms with Crippen molar-refractivity contribution in [3.8, 4) is 5.75 Å². The number of carbonyl (C=O) groups excluding carboxylic acids is 1. The van der Waals surface area contributed by atoms with Crippen molar-refractivity contribution in [2.24, 2.45) is 5.92 Å². The van der Waals surface area contributed by atoms with Crippen LogP contribution in [0.1, 0.15) is 48.9 Å². The molecule has 0 N–H and O–H groups in total. The van der Waals surface area contributed by atoms with Crippen molar-refractivity contribution >= 4 is 5.78 Å². The molecule has 1 saturated carbocycles. The summed E-state index contributed by atoms with van der Waals surface area (Å²) in [5.41, 5.74) is 0.464. The summed E-state index contributed by atoms with van der Waals surface area (Å²) in [5.74, 6) is -0.257. The van der Waals surface area contributed by atoms with Crippen LogP contribution in [0.25, 0.3) is 0 Å². The van der Waals surface area contributed by atoms with Gasteiger partial charge in [-0.2, -0.15) is 0 Å². The van der Waals surface area contributed by atoms with Crippen molar-refractivity contribution in [2.75, 3.05) is 0 Å². The summed E-state index contributed by atoms with van der Waals surface area (Å²) in [7, 11) is 0. The summed E-state index contributed by atoms with van der Waals surface area (Å²) < 4.78 is 39.9. The maximum Gasteiger partial charge on any atom is 0.573 e. The molecule has 0 spiro atoms. The van der Waals surface area contributed by atoms with Gasteiger partial charge in [-0.3, -0.25) is 4.79 Å². The van der Waals surface area contributed by atoms with E-state index >= 15 is 0 Å². The maximum atomic E-state index is 12.3. The van der Waals surface area contributed by atoms with Crippen LogP contribution in [0.15, 0.2) is 24.3 Å². The number of hydrogen-bond acceptors (Lipinski definition) is 2. The molecule has 110 valence electrons. The van der Waals surface area contributed by atoms with Gasteiger partial charge in [0.1, 0.15) is 5.75 Å². The van der Waals surface area contributed by atoms with Crippen molar-refractivity contribution in [2.45, 2.75) is 44.9 Å². The van der Waals surface area contributed by atoms with Crippen LogP contribution in [0.3, 0.4) is 0 Å². The summed E-state index contributed by atoms with van der Waals surface area (Å²) in [6.45, 7) is 0. The third kappa shape index (κ3) is 4.25. The van der Waals surface area contributed by atoms with Crippen LogP contribution in [-0.4, -0.2) is 12.1 Å². The van der Waals surface area contributed by atoms with E-state index < -0.39 is 6.36 Å². The monoisotopic (exact) mass is 286 g/mol. The Hall–Kier alpha value is -1.52. The highest BCUT2D eigenvalue weighted by Crippen LogP contribution is 2.28. The van der Waals surface area contributed by atoms with Gasteiger partial charge in [-0.1, -0.05) is 25.7 Å². The van der Waals surface area contributed by atoms with Crippen LogP contribution in [0.4, 0.5) is 13.2 Å². The van der Waals surface area contributed by atoms with Gasteiger partial charge in [-0.05, 0) is 37.1 Å². The molecule has 1 fully saturated rings. The first-order valence-corrected chi connectivity index (χ1v) is 6.86. The molecular weight excluding hydrogens is 269 g/mol. The van der Waals surface area contributed by atoms with E-state index in [-0.39, 0.29) is 17.5 Å². The molecule has 1 aliphatic rings. The van der Waals surface area contributed by atoms with Crippen LogP contribution in [0, 0.1) is 5.92 Å². The maximum absolute atomic E-state index is 12.3. The van der Waals surface area contributed by atoms with Gasteiger partial charge < -0.3 is 4.74 Å². The number of hydrogen-bond donors (Lipinski definition) is 0. The van der Waals surface area contributed by atoms with Gasteiger partial charge in [0.15, 0.2) is 5.78 Å². The smallest absolute Gasteiger partial charge is 0.406 e. The SMILES string of the molecule is O=C(c1ccc(OC(F)(F)F)cc1)C1CCCCCC1. The molecule has 0 amide bonds. The van der Waals surface area contributed by atoms with Crippen molar-refractivity contribution in [1.82, 2.24) is 0 Å². The van der Waals surface area contributed by atoms with Gasteiger partial charge in [0.05, 0.1) is 0 Å². The Morgan fingerprint density at radius 3 is 2.05 bits per heavy atom. The second-order valence-electron chi connectivity index (χ2n) is 5.12. The lowest BCUT2D eigenvalue weighted by Crippen LogP contribution is -2.17. The molecule has 5 heteroatoms. The highest BCUT2D eigenvalue weighted by molar-refractivity contribution is 5.97. The molecule has 0 saturated heterocycles. The average molecular weight is 286 g/mol. The fraction of sp³-hybridized carbons (Fsp3) is 0.533. The Balaban J connectivity index is 2.03. The number of benzene rings is 1. The lowest BCUT2D eigenvalue weighted by Gasteiger charge is -2.13. The molecule has 2 rings (SSSR count). The number of ketones is 1. The predicted octanol–water partition coefficient (Wildman–Crippen LogP) is 4.74. The minimum atomic E-state index is -4.70. The summed E-state index contributed by atoms with van der Waals surface area (Å²) in [4.78, 5) is 12.3. The third-order valence-corrected chi connectivity index (χ3v) is 3.60. The Morgan fingerprint density at radius 1 is 1.00 bits per heavy atom. The number of halogens is 3. The molecular formula is C15H17F3O2. The van der Waals surface area contributed by atoms with Crippen molar-refractivity contribution in [3.63, 3.8) is 0 Å². The highest BCUT2D eigenvalue weighted by Gasteiger charge is 2.31. The molecule has 1 aromatic rings. The number of carbonyl (C=O) groups is 1. The molecule has 1 aliphatic carbocycles. The summed E-state index contributed by atoms with van der Waals surface area (Å²) in [6.07, 6.45) is 1.45. The standard InChI is InChI=1S/C15H17F3O2/c16-15(17,18)20-13-9-7-12(8-10-13)14(19)11-5-3-1-2-4-6-11/h7-11H,1-6H2. The minimum absolute atomic E-state index is 0.00637. The molecule has 0 aliphatic heterocycles. The van der Waals surface area contributed by atoms with Gasteiger partial charge in [0.25, 0.3) is 0 Å². The number of Topliss-reactive ketones (excluding diaryl/α,β-unsaturated/α-hetero) is 1. The fourth-order valence-corrected chi connectivity index (χ4v) is 2.60. The molecule has 0 heterocycles. The zero-order chi connectivity index (χ0) is 14.6. The molecule has 0 bridgehead atoms. The molecule has 2 nitrogen and oxygen atoms in total. The van der Waals surface area contributed by atoms with Gasteiger partial charge in [0.2, 0.25) is 0 Å². The van der Waals surface area contributed by atoms with Gasteiger partial charge in [0, 0.05) is 11.5 Å². The first kappa shape index (κ1) is 14.9. The van der Waals surface area contributed by atoms with Gasteiger partial charge in [-0.25, -0.2) is 0 Å². The van der Waals surface area contributed by atoms with E-state index in [0.717, 1.165) is 38.5 Å². The minimum Gasteiger partial charge on any atom is -0.406 e. The zero-order valence-corrected chi connectivity index (χ0v) is 11.1. The van der Waals surface area contributed by atoms with E-state index in [1.165, 1.54) is 24.3 Å². The van der Waals surface area contributed by atoms with E-state index in [1.54, 1.807) is 0 Å². The predicted molar refractivity (Wildman–Crippen MR) is 68.6 cm³/mol. The first-order valence-electron chi connectivity index (χ1n) is 6.86. The van der Waals surface area contributed by atoms with Crippen LogP contribution < -0.4 is 4.74 Å². The normalized spacial score (nSPS) is 17.6. The quantitative estimate of drug-likeness (QED) is 0.592. The Morgan fingerprint density at radius 2 is 1.55 bits per heavy atom. The summed E-state index contributed by atoms with van der Waals surface area (Å²) in [6, 6.07) is 5.21. The van der Waals surface area contributed by atoms with E-state index in [1.807, 2.05) is 0 Å². The topological polar surface area (TPSA) is 26.3 Å². The van der Waals surface area contributed by atoms with E-state index in [9.17, 15) is 18.0 Å². The Bertz CT molecular complexity index is 443. The fourth-order valence-electron chi connectivity index (χ4n) is 2.60. The average Bonchev–Trinajstić information content (AvgIpc) is 2.66. The largest absolute Gasteiger partial charge is 0.573 e. The van der Waals surface area contributed by atoms with E-state index in [0.29, 0.717) is 5.56 Å². The second kappa shape index (κ2) is 6.29. The molecule has 1 aromatic carbocycles. The van der Waals surface area contributed by atoms with Crippen molar-refractivity contribution < 1.29 is 22.7 Å². The lowest BCUT2D eigenvalue weighted by atomic mass is 9.91. The molecule has 0 aromatic heterocycles. The summed E-state index contributed by atoms with van der Waals surface area (Å²) in [5, 5.41) is 0. The highest BCUT2D eigenvalue weighted by atomic mass is 19.4. The van der Waals surface area contributed by atoms with Gasteiger partial charge in [-0.15, -0.1) is 13.2 Å². The second-order valence-corrected chi connectivity index (χ2v) is 5.12. The summed E-state index contributed by atoms with van der Waals surface area (Å²) >= 11 is 0. The number of rotatable bonds is 3. The first-order chi connectivity index (χ1) is 9.46. The molecule has 0 radical (unpaired) electrons. The van der Waals surface area contributed by atoms with Gasteiger partial charge >= 0.3 is 6.36 Å². The van der Waals surface area contributed by atoms with Crippen LogP contribution in [0.5, 0.6) is 5.75 Å². The van der Waals surface area contributed by atoms with Crippen molar-refractivity contribution in [1.29, 1.82) is 0 Å². The molecule has 0 atom stereocenters. The Labute approximate surface area is 115 Å². The van der Waals surface area contributed by atoms with Crippen LogP contribution >= 0.6 is 0 Å². The molecule has 0 unspecified atom stereocenters. The van der Waals surface area contributed by atoms with E-state index in [2.05, 4.69) is 4.74 Å². The van der Waals surface area contributed by atoms with E-state index in [4.69, 9.17) is 0 Å². The lowest BCUT2D eigenvalue weighted by molar-refractivity contribution is -0.274. The Kier molecular flexibility index (Phi) is 4.68.